The largest absolute Gasteiger partial charge is 0.486 e. The quantitative estimate of drug-likeness (QED) is 0.918. The third-order valence-electron chi connectivity index (χ3n) is 3.12. The van der Waals surface area contributed by atoms with E-state index in [1.54, 1.807) is 6.20 Å². The Morgan fingerprint density at radius 3 is 2.71 bits per heavy atom. The van der Waals surface area contributed by atoms with E-state index < -0.39 is 0 Å². The average molecular weight is 308 g/mol. The van der Waals surface area contributed by atoms with E-state index >= 15 is 0 Å². The Labute approximate surface area is 131 Å². The Hall–Kier alpha value is -1.52. The van der Waals surface area contributed by atoms with Gasteiger partial charge in [-0.05, 0) is 38.5 Å². The normalized spacial score (nSPS) is 11.7. The summed E-state index contributed by atoms with van der Waals surface area (Å²) < 4.78 is 7.60. The smallest absolute Gasteiger partial charge is 0.147 e. The van der Waals surface area contributed by atoms with E-state index in [-0.39, 0.29) is 5.54 Å². The number of hydrogen-bond donors (Lipinski definition) is 1. The van der Waals surface area contributed by atoms with Crippen molar-refractivity contribution in [3.63, 3.8) is 0 Å². The number of imidazole rings is 1. The highest BCUT2D eigenvalue weighted by molar-refractivity contribution is 6.29. The summed E-state index contributed by atoms with van der Waals surface area (Å²) >= 11 is 5.96. The molecule has 0 aliphatic rings. The van der Waals surface area contributed by atoms with E-state index in [0.717, 1.165) is 18.1 Å². The minimum atomic E-state index is 0.0978. The predicted octanol–water partition coefficient (Wildman–Crippen LogP) is 3.54. The zero-order valence-electron chi connectivity index (χ0n) is 13.0. The second kappa shape index (κ2) is 6.50. The Morgan fingerprint density at radius 2 is 2.10 bits per heavy atom. The van der Waals surface area contributed by atoms with Crippen LogP contribution in [-0.4, -0.2) is 15.1 Å². The van der Waals surface area contributed by atoms with Gasteiger partial charge >= 0.3 is 0 Å². The van der Waals surface area contributed by atoms with Crippen LogP contribution in [0.15, 0.2) is 30.5 Å². The molecule has 0 saturated carbocycles. The van der Waals surface area contributed by atoms with Crippen molar-refractivity contribution in [2.45, 2.75) is 39.5 Å². The lowest BCUT2D eigenvalue weighted by Crippen LogP contribution is -2.35. The van der Waals surface area contributed by atoms with Gasteiger partial charge in [-0.3, -0.25) is 0 Å². The van der Waals surface area contributed by atoms with Gasteiger partial charge < -0.3 is 14.6 Å². The van der Waals surface area contributed by atoms with Crippen molar-refractivity contribution in [2.24, 2.45) is 7.05 Å². The molecule has 4 nitrogen and oxygen atoms in total. The number of benzene rings is 1. The minimum absolute atomic E-state index is 0.0978. The number of hydrogen-bond acceptors (Lipinski definition) is 3. The molecule has 2 rings (SSSR count). The fourth-order valence-electron chi connectivity index (χ4n) is 1.82. The molecule has 0 aliphatic carbocycles. The summed E-state index contributed by atoms with van der Waals surface area (Å²) in [5.74, 6) is 1.64. The molecule has 1 heterocycles. The van der Waals surface area contributed by atoms with Crippen molar-refractivity contribution in [3.05, 3.63) is 47.0 Å². The molecule has 1 aromatic heterocycles. The third kappa shape index (κ3) is 4.76. The first-order chi connectivity index (χ1) is 9.85. The fraction of sp³-hybridized carbons (Fsp3) is 0.438. The molecule has 21 heavy (non-hydrogen) atoms. The van der Waals surface area contributed by atoms with Gasteiger partial charge in [-0.2, -0.15) is 0 Å². The highest BCUT2D eigenvalue weighted by Crippen LogP contribution is 2.17. The van der Waals surface area contributed by atoms with Gasteiger partial charge in [0.2, 0.25) is 0 Å². The highest BCUT2D eigenvalue weighted by atomic mass is 35.5. The van der Waals surface area contributed by atoms with Crippen molar-refractivity contribution < 1.29 is 4.74 Å². The topological polar surface area (TPSA) is 39.1 Å². The van der Waals surface area contributed by atoms with Gasteiger partial charge in [0.05, 0.1) is 6.20 Å². The molecular weight excluding hydrogens is 286 g/mol. The van der Waals surface area contributed by atoms with E-state index in [2.05, 4.69) is 37.1 Å². The predicted molar refractivity (Wildman–Crippen MR) is 85.6 cm³/mol. The first kappa shape index (κ1) is 15.9. The number of aromatic nitrogens is 2. The summed E-state index contributed by atoms with van der Waals surface area (Å²) in [6, 6.07) is 8.08. The first-order valence-electron chi connectivity index (χ1n) is 6.98. The fourth-order valence-corrected chi connectivity index (χ4v) is 1.97. The van der Waals surface area contributed by atoms with Gasteiger partial charge in [-0.15, -0.1) is 0 Å². The zero-order chi connectivity index (χ0) is 15.5. The molecule has 1 aromatic carbocycles. The molecule has 0 fully saturated rings. The van der Waals surface area contributed by atoms with Crippen molar-refractivity contribution in [3.8, 4) is 5.75 Å². The summed E-state index contributed by atoms with van der Waals surface area (Å²) in [4.78, 5) is 4.22. The summed E-state index contributed by atoms with van der Waals surface area (Å²) in [6.07, 6.45) is 1.63. The van der Waals surface area contributed by atoms with Crippen LogP contribution in [0.4, 0.5) is 0 Å². The standard InChI is InChI=1S/C16H22ClN3O/c1-16(2,3)19-9-12-6-5-7-13(8-12)21-11-15-18-10-14(17)20(15)4/h5-8,10,19H,9,11H2,1-4H3. The van der Waals surface area contributed by atoms with Crippen LogP contribution >= 0.6 is 11.6 Å². The molecule has 0 bridgehead atoms. The lowest BCUT2D eigenvalue weighted by atomic mass is 10.1. The van der Waals surface area contributed by atoms with Gasteiger partial charge in [0.25, 0.3) is 0 Å². The third-order valence-corrected chi connectivity index (χ3v) is 3.47. The van der Waals surface area contributed by atoms with Gasteiger partial charge in [-0.1, -0.05) is 23.7 Å². The first-order valence-corrected chi connectivity index (χ1v) is 7.36. The van der Waals surface area contributed by atoms with E-state index in [1.807, 2.05) is 29.8 Å². The molecule has 0 saturated heterocycles. The lowest BCUT2D eigenvalue weighted by Gasteiger charge is -2.20. The molecule has 5 heteroatoms. The minimum Gasteiger partial charge on any atom is -0.486 e. The summed E-state index contributed by atoms with van der Waals surface area (Å²) in [5.41, 5.74) is 1.29. The van der Waals surface area contributed by atoms with Crippen LogP contribution < -0.4 is 10.1 Å². The van der Waals surface area contributed by atoms with Crippen LogP contribution in [0.25, 0.3) is 0 Å². The van der Waals surface area contributed by atoms with Gasteiger partial charge in [-0.25, -0.2) is 4.98 Å². The van der Waals surface area contributed by atoms with Gasteiger partial charge in [0.1, 0.15) is 23.3 Å². The maximum absolute atomic E-state index is 5.96. The molecule has 0 radical (unpaired) electrons. The zero-order valence-corrected chi connectivity index (χ0v) is 13.7. The lowest BCUT2D eigenvalue weighted by molar-refractivity contribution is 0.291. The number of halogens is 1. The van der Waals surface area contributed by atoms with E-state index in [4.69, 9.17) is 16.3 Å². The maximum Gasteiger partial charge on any atom is 0.147 e. The SMILES string of the molecule is Cn1c(Cl)cnc1COc1cccc(CNC(C)(C)C)c1. The van der Waals surface area contributed by atoms with Crippen LogP contribution in [0.2, 0.25) is 5.15 Å². The number of ether oxygens (including phenoxy) is 1. The summed E-state index contributed by atoms with van der Waals surface area (Å²) in [6.45, 7) is 7.67. The van der Waals surface area contributed by atoms with Crippen molar-refractivity contribution in [2.75, 3.05) is 0 Å². The molecule has 0 atom stereocenters. The Kier molecular flexibility index (Phi) is 4.91. The van der Waals surface area contributed by atoms with E-state index in [0.29, 0.717) is 11.8 Å². The van der Waals surface area contributed by atoms with Crippen LogP contribution in [0.5, 0.6) is 5.75 Å². The van der Waals surface area contributed by atoms with Gasteiger partial charge in [0.15, 0.2) is 0 Å². The molecule has 0 spiro atoms. The monoisotopic (exact) mass is 307 g/mol. The van der Waals surface area contributed by atoms with E-state index in [9.17, 15) is 0 Å². The second-order valence-corrected chi connectivity index (χ2v) is 6.48. The number of rotatable bonds is 5. The molecular formula is C16H22ClN3O. The van der Waals surface area contributed by atoms with Gasteiger partial charge in [0, 0.05) is 19.1 Å². The van der Waals surface area contributed by atoms with E-state index in [1.165, 1.54) is 5.56 Å². The van der Waals surface area contributed by atoms with Crippen molar-refractivity contribution >= 4 is 11.6 Å². The molecule has 0 aliphatic heterocycles. The number of nitrogens with zero attached hydrogens (tertiary/aromatic N) is 2. The Balaban J connectivity index is 1.96. The molecule has 114 valence electrons. The Morgan fingerprint density at radius 1 is 1.33 bits per heavy atom. The van der Waals surface area contributed by atoms with Crippen molar-refractivity contribution in [1.29, 1.82) is 0 Å². The highest BCUT2D eigenvalue weighted by Gasteiger charge is 2.09. The average Bonchev–Trinajstić information content (AvgIpc) is 2.74. The molecule has 1 N–H and O–H groups in total. The molecule has 0 unspecified atom stereocenters. The van der Waals surface area contributed by atoms with Crippen molar-refractivity contribution in [1.82, 2.24) is 14.9 Å². The van der Waals surface area contributed by atoms with Crippen LogP contribution in [0, 0.1) is 0 Å². The molecule has 2 aromatic rings. The van der Waals surface area contributed by atoms with Crippen LogP contribution in [0.1, 0.15) is 32.2 Å². The van der Waals surface area contributed by atoms with Crippen LogP contribution in [0.3, 0.4) is 0 Å². The second-order valence-electron chi connectivity index (χ2n) is 6.10. The van der Waals surface area contributed by atoms with Crippen LogP contribution in [-0.2, 0) is 20.2 Å². The molecule has 0 amide bonds. The maximum atomic E-state index is 5.96. The Bertz CT molecular complexity index is 602. The number of nitrogens with one attached hydrogen (secondary N) is 1. The summed E-state index contributed by atoms with van der Waals surface area (Å²) in [5, 5.41) is 4.07. The summed E-state index contributed by atoms with van der Waals surface area (Å²) in [7, 11) is 1.87.